The summed E-state index contributed by atoms with van der Waals surface area (Å²) in [5.74, 6) is -0.217. The Morgan fingerprint density at radius 2 is 1.56 bits per heavy atom. The van der Waals surface area contributed by atoms with E-state index >= 15 is 0 Å². The molecule has 0 aliphatic rings. The molecule has 0 saturated carbocycles. The van der Waals surface area contributed by atoms with E-state index in [4.69, 9.17) is 9.05 Å². The molecule has 3 unspecified atom stereocenters. The second kappa shape index (κ2) is 20.7. The normalized spacial score (nSPS) is 16.1. The molecular formula is C27H52N2O6P+. The molecular weight excluding hydrogens is 479 g/mol. The Labute approximate surface area is 219 Å². The average molecular weight is 532 g/mol. The molecule has 0 bridgehead atoms. The van der Waals surface area contributed by atoms with Crippen LogP contribution in [-0.2, 0) is 18.4 Å². The first-order chi connectivity index (χ1) is 17.0. The van der Waals surface area contributed by atoms with Crippen LogP contribution in [0.1, 0.15) is 78.1 Å². The maximum absolute atomic E-state index is 12.4. The number of hydrogen-bond acceptors (Lipinski definition) is 5. The molecule has 0 spiro atoms. The summed E-state index contributed by atoms with van der Waals surface area (Å²) >= 11 is 0. The second-order valence-corrected chi connectivity index (χ2v) is 11.5. The molecule has 36 heavy (non-hydrogen) atoms. The lowest BCUT2D eigenvalue weighted by molar-refractivity contribution is -0.870. The number of hydrogen-bond donors (Lipinski definition) is 3. The molecule has 0 aliphatic heterocycles. The maximum atomic E-state index is 12.4. The smallest absolute Gasteiger partial charge is 0.387 e. The first-order valence-corrected chi connectivity index (χ1v) is 14.9. The minimum Gasteiger partial charge on any atom is -0.387 e. The fourth-order valence-corrected chi connectivity index (χ4v) is 3.87. The molecule has 0 aromatic rings. The summed E-state index contributed by atoms with van der Waals surface area (Å²) in [6.45, 7) is 4.46. The average Bonchev–Trinajstić information content (AvgIpc) is 2.79. The van der Waals surface area contributed by atoms with E-state index in [-0.39, 0.29) is 19.1 Å². The summed E-state index contributed by atoms with van der Waals surface area (Å²) in [4.78, 5) is 22.4. The van der Waals surface area contributed by atoms with E-state index < -0.39 is 20.0 Å². The zero-order valence-electron chi connectivity index (χ0n) is 23.2. The number of unbranched alkanes of at least 4 members (excludes halogenated alkanes) is 5. The number of allylic oxidation sites excluding steroid dienone is 5. The molecule has 3 atom stereocenters. The number of rotatable bonds is 22. The fraction of sp³-hybridized carbons (Fsp3) is 0.741. The highest BCUT2D eigenvalue weighted by Gasteiger charge is 2.27. The number of phosphoric ester groups is 1. The Balaban J connectivity index is 4.80. The summed E-state index contributed by atoms with van der Waals surface area (Å²) < 4.78 is 23.0. The van der Waals surface area contributed by atoms with Crippen LogP contribution in [0.5, 0.6) is 0 Å². The molecule has 0 aromatic heterocycles. The van der Waals surface area contributed by atoms with Crippen LogP contribution in [0.25, 0.3) is 0 Å². The SMILES string of the molecule is CC/C=C/CC/C=C/CC/C=C/C(O)C(COP(=O)(O)OCC[N+](C)(C)C)NC(=O)CCCCCC. The lowest BCUT2D eigenvalue weighted by Crippen LogP contribution is -2.45. The van der Waals surface area contributed by atoms with Crippen molar-refractivity contribution in [2.45, 2.75) is 90.2 Å². The van der Waals surface area contributed by atoms with Crippen LogP contribution in [0.3, 0.4) is 0 Å². The molecule has 3 N–H and O–H groups in total. The van der Waals surface area contributed by atoms with Crippen molar-refractivity contribution in [3.05, 3.63) is 36.5 Å². The zero-order valence-corrected chi connectivity index (χ0v) is 24.1. The van der Waals surface area contributed by atoms with Crippen LogP contribution >= 0.6 is 7.82 Å². The molecule has 9 heteroatoms. The lowest BCUT2D eigenvalue weighted by Gasteiger charge is -2.25. The third kappa shape index (κ3) is 22.0. The van der Waals surface area contributed by atoms with Crippen molar-refractivity contribution < 1.29 is 32.9 Å². The van der Waals surface area contributed by atoms with Gasteiger partial charge in [-0.25, -0.2) is 4.57 Å². The standard InChI is InChI=1S/C27H51N2O6P/c1-6-8-10-12-13-14-15-16-17-18-20-26(30)25(28-27(31)21-19-11-9-7-2)24-35-36(32,33)34-23-22-29(3,4)5/h8,10,14-15,18,20,25-26,30H,6-7,9,11-13,16-17,19,21-24H2,1-5H3,(H-,28,31,32,33)/p+1/b10-8+,15-14+,20-18+. The molecule has 0 aromatic carbocycles. The number of likely N-dealkylation sites (N-methyl/N-ethyl adjacent to an activating group) is 1. The number of nitrogens with zero attached hydrogens (tertiary/aromatic N) is 1. The number of aliphatic hydroxyl groups is 1. The Morgan fingerprint density at radius 3 is 2.14 bits per heavy atom. The predicted octanol–water partition coefficient (Wildman–Crippen LogP) is 5.28. The van der Waals surface area contributed by atoms with Crippen LogP contribution in [0, 0.1) is 0 Å². The van der Waals surface area contributed by atoms with Gasteiger partial charge in [0.1, 0.15) is 13.2 Å². The van der Waals surface area contributed by atoms with Gasteiger partial charge in [0.05, 0.1) is 39.9 Å². The van der Waals surface area contributed by atoms with Gasteiger partial charge in [0, 0.05) is 6.42 Å². The molecule has 210 valence electrons. The van der Waals surface area contributed by atoms with Crippen molar-refractivity contribution in [2.24, 2.45) is 0 Å². The van der Waals surface area contributed by atoms with E-state index in [1.807, 2.05) is 27.2 Å². The van der Waals surface area contributed by atoms with Crippen molar-refractivity contribution in [1.29, 1.82) is 0 Å². The third-order valence-corrected chi connectivity index (χ3v) is 6.34. The third-order valence-electron chi connectivity index (χ3n) is 5.35. The first-order valence-electron chi connectivity index (χ1n) is 13.4. The number of nitrogens with one attached hydrogen (secondary N) is 1. The summed E-state index contributed by atoms with van der Waals surface area (Å²) in [5.41, 5.74) is 0. The van der Waals surface area contributed by atoms with Crippen molar-refractivity contribution in [2.75, 3.05) is 40.9 Å². The topological polar surface area (TPSA) is 105 Å². The van der Waals surface area contributed by atoms with Crippen LogP contribution in [0.15, 0.2) is 36.5 Å². The maximum Gasteiger partial charge on any atom is 0.472 e. The molecule has 8 nitrogen and oxygen atoms in total. The number of carbonyl (C=O) groups excluding carboxylic acids is 1. The lowest BCUT2D eigenvalue weighted by atomic mass is 10.1. The molecule has 0 heterocycles. The van der Waals surface area contributed by atoms with Crippen molar-refractivity contribution in [3.8, 4) is 0 Å². The van der Waals surface area contributed by atoms with E-state index in [1.54, 1.807) is 6.08 Å². The van der Waals surface area contributed by atoms with E-state index in [2.05, 4.69) is 43.5 Å². The summed E-state index contributed by atoms with van der Waals surface area (Å²) in [5, 5.41) is 13.4. The quantitative estimate of drug-likeness (QED) is 0.0760. The second-order valence-electron chi connectivity index (χ2n) is 10.0. The highest BCUT2D eigenvalue weighted by Crippen LogP contribution is 2.43. The number of carbonyl (C=O) groups is 1. The molecule has 0 saturated heterocycles. The van der Waals surface area contributed by atoms with Gasteiger partial charge in [0.25, 0.3) is 0 Å². The van der Waals surface area contributed by atoms with Gasteiger partial charge in [-0.15, -0.1) is 0 Å². The molecule has 0 aliphatic carbocycles. The number of aliphatic hydroxyl groups excluding tert-OH is 1. The predicted molar refractivity (Wildman–Crippen MR) is 148 cm³/mol. The molecule has 0 rings (SSSR count). The van der Waals surface area contributed by atoms with Crippen molar-refractivity contribution in [3.63, 3.8) is 0 Å². The minimum atomic E-state index is -4.31. The number of amides is 1. The van der Waals surface area contributed by atoms with Gasteiger partial charge in [-0.05, 0) is 38.5 Å². The Bertz CT molecular complexity index is 703. The summed E-state index contributed by atoms with van der Waals surface area (Å²) in [6.07, 6.45) is 19.9. The van der Waals surface area contributed by atoms with E-state index in [0.29, 0.717) is 17.4 Å². The van der Waals surface area contributed by atoms with Gasteiger partial charge in [-0.3, -0.25) is 13.8 Å². The molecule has 1 amide bonds. The molecule has 0 radical (unpaired) electrons. The van der Waals surface area contributed by atoms with Crippen LogP contribution < -0.4 is 5.32 Å². The monoisotopic (exact) mass is 531 g/mol. The van der Waals surface area contributed by atoms with Gasteiger partial charge in [0.2, 0.25) is 5.91 Å². The van der Waals surface area contributed by atoms with Crippen molar-refractivity contribution in [1.82, 2.24) is 5.32 Å². The van der Waals surface area contributed by atoms with Crippen molar-refractivity contribution >= 4 is 13.7 Å². The van der Waals surface area contributed by atoms with E-state index in [0.717, 1.165) is 57.8 Å². The van der Waals surface area contributed by atoms with Gasteiger partial charge < -0.3 is 19.8 Å². The van der Waals surface area contributed by atoms with Gasteiger partial charge in [-0.1, -0.05) is 69.6 Å². The Morgan fingerprint density at radius 1 is 0.944 bits per heavy atom. The highest BCUT2D eigenvalue weighted by molar-refractivity contribution is 7.47. The summed E-state index contributed by atoms with van der Waals surface area (Å²) in [7, 11) is 1.53. The van der Waals surface area contributed by atoms with E-state index in [9.17, 15) is 19.4 Å². The highest BCUT2D eigenvalue weighted by atomic mass is 31.2. The van der Waals surface area contributed by atoms with Gasteiger partial charge in [-0.2, -0.15) is 0 Å². The fourth-order valence-electron chi connectivity index (χ4n) is 3.13. The van der Waals surface area contributed by atoms with Gasteiger partial charge in [0.15, 0.2) is 0 Å². The van der Waals surface area contributed by atoms with Crippen LogP contribution in [-0.4, -0.2) is 73.4 Å². The van der Waals surface area contributed by atoms with E-state index in [1.165, 1.54) is 0 Å². The minimum absolute atomic E-state index is 0.0522. The number of phosphoric acid groups is 1. The first kappa shape index (κ1) is 34.7. The van der Waals surface area contributed by atoms with Crippen LogP contribution in [0.4, 0.5) is 0 Å². The molecule has 0 fully saturated rings. The Hall–Kier alpha value is -1.28. The zero-order chi connectivity index (χ0) is 27.3. The Kier molecular flexibility index (Phi) is 20.0. The summed E-state index contributed by atoms with van der Waals surface area (Å²) in [6, 6.07) is -0.858. The van der Waals surface area contributed by atoms with Gasteiger partial charge >= 0.3 is 7.82 Å². The largest absolute Gasteiger partial charge is 0.472 e. The van der Waals surface area contributed by atoms with Crippen LogP contribution in [0.2, 0.25) is 0 Å². The number of quaternary nitrogens is 1.